The Morgan fingerprint density at radius 2 is 2.00 bits per heavy atom. The van der Waals surface area contributed by atoms with Crippen molar-refractivity contribution in [1.82, 2.24) is 10.3 Å². The van der Waals surface area contributed by atoms with Crippen LogP contribution in [0.15, 0.2) is 48.7 Å². The summed E-state index contributed by atoms with van der Waals surface area (Å²) in [7, 11) is 0. The minimum absolute atomic E-state index is 0.148. The molecule has 5 heteroatoms. The van der Waals surface area contributed by atoms with Crippen LogP contribution in [-0.2, 0) is 6.54 Å². The second-order valence-corrected chi connectivity index (χ2v) is 5.92. The minimum atomic E-state index is -0.277. The Kier molecular flexibility index (Phi) is 3.33. The maximum atomic E-state index is 12.9. The van der Waals surface area contributed by atoms with Gasteiger partial charge in [0.15, 0.2) is 5.52 Å². The van der Waals surface area contributed by atoms with Gasteiger partial charge in [0.2, 0.25) is 5.69 Å². The van der Waals surface area contributed by atoms with Gasteiger partial charge in [-0.3, -0.25) is 4.79 Å². The fourth-order valence-corrected chi connectivity index (χ4v) is 2.81. The first-order chi connectivity index (χ1) is 11.2. The molecule has 0 aliphatic heterocycles. The van der Waals surface area contributed by atoms with Gasteiger partial charge < -0.3 is 5.32 Å². The second kappa shape index (κ2) is 5.50. The molecule has 23 heavy (non-hydrogen) atoms. The molecule has 1 aliphatic rings. The Morgan fingerprint density at radius 3 is 2.74 bits per heavy atom. The molecule has 1 aromatic carbocycles. The van der Waals surface area contributed by atoms with Gasteiger partial charge in [0.25, 0.3) is 11.7 Å². The number of amides is 1. The van der Waals surface area contributed by atoms with E-state index in [1.54, 1.807) is 12.1 Å². The van der Waals surface area contributed by atoms with Crippen LogP contribution in [0.3, 0.4) is 0 Å². The highest BCUT2D eigenvalue weighted by Crippen LogP contribution is 2.37. The van der Waals surface area contributed by atoms with E-state index in [0.717, 1.165) is 29.7 Å². The van der Waals surface area contributed by atoms with Crippen LogP contribution in [0.2, 0.25) is 0 Å². The predicted molar refractivity (Wildman–Crippen MR) is 83.5 cm³/mol. The molecule has 1 saturated carbocycles. The van der Waals surface area contributed by atoms with Crippen LogP contribution in [0.1, 0.15) is 40.6 Å². The van der Waals surface area contributed by atoms with Gasteiger partial charge in [-0.25, -0.2) is 9.37 Å². The summed E-state index contributed by atoms with van der Waals surface area (Å²) in [6.45, 7) is 0.371. The van der Waals surface area contributed by atoms with Crippen molar-refractivity contribution in [3.05, 3.63) is 71.6 Å². The van der Waals surface area contributed by atoms with Gasteiger partial charge in [0.05, 0.1) is 12.1 Å². The molecule has 2 N–H and O–H groups in total. The van der Waals surface area contributed by atoms with Crippen molar-refractivity contribution in [2.45, 2.75) is 25.3 Å². The normalized spacial score (nSPS) is 14.1. The number of carbonyl (C=O) groups is 1. The summed E-state index contributed by atoms with van der Waals surface area (Å²) in [5.41, 5.74) is 2.33. The lowest BCUT2D eigenvalue weighted by molar-refractivity contribution is -0.521. The van der Waals surface area contributed by atoms with Crippen molar-refractivity contribution in [2.24, 2.45) is 0 Å². The minimum Gasteiger partial charge on any atom is -0.345 e. The molecule has 2 aromatic heterocycles. The summed E-state index contributed by atoms with van der Waals surface area (Å²) in [5.74, 6) is 1.18. The van der Waals surface area contributed by atoms with E-state index in [2.05, 4.69) is 14.7 Å². The number of carbonyl (C=O) groups excluding carboxylic acids is 1. The molecule has 0 unspecified atom stereocenters. The number of hydrogen-bond donors (Lipinski definition) is 2. The highest BCUT2D eigenvalue weighted by atomic mass is 19.1. The van der Waals surface area contributed by atoms with E-state index in [0.29, 0.717) is 18.2 Å². The molecule has 0 radical (unpaired) electrons. The van der Waals surface area contributed by atoms with Gasteiger partial charge in [-0.2, -0.15) is 4.40 Å². The van der Waals surface area contributed by atoms with Gasteiger partial charge in [0.1, 0.15) is 5.82 Å². The summed E-state index contributed by atoms with van der Waals surface area (Å²) < 4.78 is 15.0. The lowest BCUT2D eigenvalue weighted by Gasteiger charge is -2.02. The third-order valence-corrected chi connectivity index (χ3v) is 4.19. The monoisotopic (exact) mass is 310 g/mol. The summed E-state index contributed by atoms with van der Waals surface area (Å²) in [6, 6.07) is 12.0. The number of nitrogens with one attached hydrogen (secondary N) is 2. The van der Waals surface area contributed by atoms with E-state index in [-0.39, 0.29) is 11.7 Å². The third-order valence-electron chi connectivity index (χ3n) is 4.19. The zero-order valence-electron chi connectivity index (χ0n) is 12.6. The molecule has 116 valence electrons. The molecule has 1 amide bonds. The average Bonchev–Trinajstić information content (AvgIpc) is 3.34. The first-order valence-electron chi connectivity index (χ1n) is 7.77. The Labute approximate surface area is 133 Å². The lowest BCUT2D eigenvalue weighted by Crippen LogP contribution is -2.25. The highest BCUT2D eigenvalue weighted by molar-refractivity contribution is 5.97. The van der Waals surface area contributed by atoms with E-state index in [4.69, 9.17) is 0 Å². The Hall–Kier alpha value is -2.69. The molecule has 4 nitrogen and oxygen atoms in total. The largest absolute Gasteiger partial charge is 0.345 e. The summed E-state index contributed by atoms with van der Waals surface area (Å²) >= 11 is 0. The van der Waals surface area contributed by atoms with E-state index in [1.807, 2.05) is 24.4 Å². The number of aromatic amines is 1. The zero-order valence-corrected chi connectivity index (χ0v) is 12.6. The summed E-state index contributed by atoms with van der Waals surface area (Å²) in [5, 5.41) is 2.89. The van der Waals surface area contributed by atoms with Gasteiger partial charge in [-0.1, -0.05) is 18.2 Å². The van der Waals surface area contributed by atoms with Crippen LogP contribution in [0.25, 0.3) is 5.52 Å². The van der Waals surface area contributed by atoms with Crippen molar-refractivity contribution in [1.29, 1.82) is 0 Å². The summed E-state index contributed by atoms with van der Waals surface area (Å²) in [4.78, 5) is 15.8. The maximum absolute atomic E-state index is 12.9. The standard InChI is InChI=1S/C18H16FN3O/c19-14-8-4-12(5-9-14)11-20-18(23)16-15-3-1-2-10-22(15)17(21-16)13-6-7-13/h1-5,8-10,13H,6-7,11H2,(H,20,23)/p+1. The van der Waals surface area contributed by atoms with Crippen molar-refractivity contribution in [3.63, 3.8) is 0 Å². The van der Waals surface area contributed by atoms with Gasteiger partial charge >= 0.3 is 0 Å². The smallest absolute Gasteiger partial charge is 0.295 e. The first kappa shape index (κ1) is 13.9. The SMILES string of the molecule is O=C(NCc1ccc(F)cc1)c1[nH]c(C2CC2)[n+]2ccccc12. The van der Waals surface area contributed by atoms with Crippen LogP contribution >= 0.6 is 0 Å². The number of fused-ring (bicyclic) bond motifs is 1. The summed E-state index contributed by atoms with van der Waals surface area (Å²) in [6.07, 6.45) is 4.30. The first-order valence-corrected chi connectivity index (χ1v) is 7.77. The van der Waals surface area contributed by atoms with Crippen LogP contribution < -0.4 is 9.72 Å². The molecule has 0 bridgehead atoms. The quantitative estimate of drug-likeness (QED) is 0.715. The third kappa shape index (κ3) is 2.70. The maximum Gasteiger partial charge on any atom is 0.295 e. The predicted octanol–water partition coefficient (Wildman–Crippen LogP) is 2.70. The molecular formula is C18H17FN3O+. The Balaban J connectivity index is 1.58. The fourth-order valence-electron chi connectivity index (χ4n) is 2.81. The van der Waals surface area contributed by atoms with Gasteiger partial charge in [-0.15, -0.1) is 0 Å². The number of rotatable bonds is 4. The van der Waals surface area contributed by atoms with Gasteiger partial charge in [0, 0.05) is 6.54 Å². The molecule has 0 saturated heterocycles. The number of nitrogens with zero attached hydrogens (tertiary/aromatic N) is 1. The number of benzene rings is 1. The number of pyridine rings is 1. The number of hydrogen-bond acceptors (Lipinski definition) is 1. The highest BCUT2D eigenvalue weighted by Gasteiger charge is 2.35. The fraction of sp³-hybridized carbons (Fsp3) is 0.222. The average molecular weight is 310 g/mol. The Bertz CT molecular complexity index is 866. The van der Waals surface area contributed by atoms with E-state index in [9.17, 15) is 9.18 Å². The molecule has 4 rings (SSSR count). The molecule has 1 fully saturated rings. The molecular weight excluding hydrogens is 293 g/mol. The van der Waals surface area contributed by atoms with Crippen LogP contribution in [-0.4, -0.2) is 10.9 Å². The topological polar surface area (TPSA) is 49.0 Å². The van der Waals surface area contributed by atoms with Crippen LogP contribution in [0, 0.1) is 5.82 Å². The van der Waals surface area contributed by atoms with Crippen molar-refractivity contribution >= 4 is 11.4 Å². The van der Waals surface area contributed by atoms with Crippen molar-refractivity contribution in [2.75, 3.05) is 0 Å². The number of aromatic nitrogens is 2. The van der Waals surface area contributed by atoms with E-state index in [1.165, 1.54) is 12.1 Å². The molecule has 0 spiro atoms. The van der Waals surface area contributed by atoms with Gasteiger partial charge in [-0.05, 0) is 42.7 Å². The van der Waals surface area contributed by atoms with Crippen LogP contribution in [0.4, 0.5) is 4.39 Å². The number of H-pyrrole nitrogens is 1. The van der Waals surface area contributed by atoms with Crippen molar-refractivity contribution in [3.8, 4) is 0 Å². The number of imidazole rings is 1. The van der Waals surface area contributed by atoms with E-state index >= 15 is 0 Å². The second-order valence-electron chi connectivity index (χ2n) is 5.92. The van der Waals surface area contributed by atoms with Crippen LogP contribution in [0.5, 0.6) is 0 Å². The van der Waals surface area contributed by atoms with E-state index < -0.39 is 0 Å². The Morgan fingerprint density at radius 1 is 1.22 bits per heavy atom. The molecule has 3 aromatic rings. The zero-order chi connectivity index (χ0) is 15.8. The van der Waals surface area contributed by atoms with Crippen molar-refractivity contribution < 1.29 is 13.6 Å². The molecule has 0 atom stereocenters. The molecule has 1 aliphatic carbocycles. The lowest BCUT2D eigenvalue weighted by atomic mass is 10.2. The number of halogens is 1. The molecule has 2 heterocycles.